The first kappa shape index (κ1) is 41.3. The average molecular weight is 664 g/mol. The smallest absolute Gasteiger partial charge is 0.243 e. The number of azide groups is 1. The van der Waals surface area contributed by atoms with Gasteiger partial charge >= 0.3 is 0 Å². The number of nitrogens with one attached hydrogen (secondary N) is 2. The van der Waals surface area contributed by atoms with E-state index in [-0.39, 0.29) is 36.5 Å². The summed E-state index contributed by atoms with van der Waals surface area (Å²) in [6, 6.07) is 7.49. The van der Waals surface area contributed by atoms with Gasteiger partial charge in [-0.05, 0) is 60.2 Å². The Morgan fingerprint density at radius 3 is 1.98 bits per heavy atom. The molecule has 13 nitrogen and oxygen atoms in total. The van der Waals surface area contributed by atoms with Crippen LogP contribution < -0.4 is 10.6 Å². The molecule has 0 saturated heterocycles. The van der Waals surface area contributed by atoms with Crippen LogP contribution in [0.15, 0.2) is 67.1 Å². The van der Waals surface area contributed by atoms with Gasteiger partial charge in [0.2, 0.25) is 11.8 Å². The van der Waals surface area contributed by atoms with Crippen molar-refractivity contribution in [2.75, 3.05) is 39.5 Å². The van der Waals surface area contributed by atoms with E-state index in [1.807, 2.05) is 25.1 Å². The average Bonchev–Trinajstić information content (AvgIpc) is 3.10. The molecule has 0 unspecified atom stereocenters. The Labute approximate surface area is 283 Å². The number of aryl methyl sites for hydroxylation is 1. The minimum Gasteiger partial charge on any atom is -0.377 e. The Bertz CT molecular complexity index is 1310. The van der Waals surface area contributed by atoms with Gasteiger partial charge in [0.15, 0.2) is 5.78 Å². The van der Waals surface area contributed by atoms with Gasteiger partial charge in [-0.2, -0.15) is 0 Å². The highest BCUT2D eigenvalue weighted by atomic mass is 16.5. The number of hydrogen-bond donors (Lipinski definition) is 2. The lowest BCUT2D eigenvalue weighted by molar-refractivity contribution is -0.123. The van der Waals surface area contributed by atoms with Crippen molar-refractivity contribution < 1.29 is 28.7 Å². The number of Topliss-reactive ketones (excluding diaryl/α,β-unsaturated/α-hetero) is 2. The predicted molar refractivity (Wildman–Crippen MR) is 184 cm³/mol. The van der Waals surface area contributed by atoms with E-state index in [0.29, 0.717) is 57.9 Å². The van der Waals surface area contributed by atoms with Gasteiger partial charge < -0.3 is 20.1 Å². The lowest BCUT2D eigenvalue weighted by Gasteiger charge is -2.06. The van der Waals surface area contributed by atoms with E-state index in [4.69, 9.17) is 15.0 Å². The van der Waals surface area contributed by atoms with Crippen LogP contribution in [0.3, 0.4) is 0 Å². The fourth-order valence-corrected chi connectivity index (χ4v) is 4.11. The van der Waals surface area contributed by atoms with Gasteiger partial charge in [-0.3, -0.25) is 29.1 Å². The molecule has 0 spiro atoms. The van der Waals surface area contributed by atoms with Crippen molar-refractivity contribution in [2.45, 2.75) is 71.3 Å². The third kappa shape index (κ3) is 21.9. The zero-order chi connectivity index (χ0) is 35.2. The maximum Gasteiger partial charge on any atom is 0.243 e. The van der Waals surface area contributed by atoms with Gasteiger partial charge in [-0.25, -0.2) is 0 Å². The van der Waals surface area contributed by atoms with Crippen LogP contribution in [-0.2, 0) is 54.5 Å². The fraction of sp³-hybridized carbons (Fsp3) is 0.486. The molecule has 0 aliphatic rings. The van der Waals surface area contributed by atoms with Crippen molar-refractivity contribution in [3.8, 4) is 0 Å². The molecule has 0 radical (unpaired) electrons. The number of ketones is 2. The molecule has 2 heterocycles. The normalized spacial score (nSPS) is 10.1. The molecule has 2 N–H and O–H groups in total. The maximum atomic E-state index is 12.0. The van der Waals surface area contributed by atoms with Crippen LogP contribution in [0.4, 0.5) is 0 Å². The third-order valence-electron chi connectivity index (χ3n) is 6.72. The van der Waals surface area contributed by atoms with E-state index in [2.05, 4.69) is 43.8 Å². The first-order chi connectivity index (χ1) is 23.3. The Hall–Kier alpha value is -4.71. The maximum absolute atomic E-state index is 12.0. The molecule has 13 heteroatoms. The Kier molecular flexibility index (Phi) is 23.6. The summed E-state index contributed by atoms with van der Waals surface area (Å²) in [4.78, 5) is 56.6. The van der Waals surface area contributed by atoms with Crippen molar-refractivity contribution >= 4 is 23.4 Å². The van der Waals surface area contributed by atoms with E-state index in [1.165, 1.54) is 12.2 Å². The molecule has 0 saturated carbocycles. The minimum atomic E-state index is -0.225. The van der Waals surface area contributed by atoms with Crippen LogP contribution in [0.1, 0.15) is 68.0 Å². The number of nitrogens with zero attached hydrogens (tertiary/aromatic N) is 5. The van der Waals surface area contributed by atoms with Gasteiger partial charge in [0.25, 0.3) is 0 Å². The molecule has 0 aliphatic carbocycles. The minimum absolute atomic E-state index is 0.00861. The van der Waals surface area contributed by atoms with Crippen LogP contribution in [0.2, 0.25) is 0 Å². The van der Waals surface area contributed by atoms with E-state index in [1.54, 1.807) is 18.5 Å². The number of pyridine rings is 2. The van der Waals surface area contributed by atoms with Crippen LogP contribution in [-0.4, -0.2) is 72.9 Å². The molecule has 0 bridgehead atoms. The van der Waals surface area contributed by atoms with Crippen LogP contribution in [0.25, 0.3) is 10.4 Å². The second kappa shape index (κ2) is 27.4. The van der Waals surface area contributed by atoms with Gasteiger partial charge in [0.1, 0.15) is 12.4 Å². The molecule has 2 aromatic rings. The lowest BCUT2D eigenvalue weighted by atomic mass is 10.0. The third-order valence-corrected chi connectivity index (χ3v) is 6.72. The molecule has 2 rings (SSSR count). The van der Waals surface area contributed by atoms with Crippen LogP contribution >= 0.6 is 0 Å². The Balaban J connectivity index is 0.000000482. The zero-order valence-corrected chi connectivity index (χ0v) is 28.0. The summed E-state index contributed by atoms with van der Waals surface area (Å²) >= 11 is 0. The van der Waals surface area contributed by atoms with E-state index < -0.39 is 0 Å². The zero-order valence-electron chi connectivity index (χ0n) is 28.0. The highest BCUT2D eigenvalue weighted by Gasteiger charge is 2.06. The summed E-state index contributed by atoms with van der Waals surface area (Å²) in [6.07, 6.45) is 13.0. The van der Waals surface area contributed by atoms with E-state index in [9.17, 15) is 19.2 Å². The number of aromatic nitrogens is 2. The van der Waals surface area contributed by atoms with Gasteiger partial charge in [-0.1, -0.05) is 56.6 Å². The number of rotatable bonds is 25. The van der Waals surface area contributed by atoms with Crippen molar-refractivity contribution in [1.29, 1.82) is 0 Å². The van der Waals surface area contributed by atoms with Crippen LogP contribution in [0, 0.1) is 0 Å². The monoisotopic (exact) mass is 663 g/mol. The molecule has 0 aliphatic heterocycles. The van der Waals surface area contributed by atoms with Crippen molar-refractivity contribution in [3.05, 3.63) is 94.9 Å². The fourth-order valence-electron chi connectivity index (χ4n) is 4.11. The van der Waals surface area contributed by atoms with Crippen LogP contribution in [0.5, 0.6) is 0 Å². The topological polar surface area (TPSA) is 185 Å². The molecule has 48 heavy (non-hydrogen) atoms. The van der Waals surface area contributed by atoms with Gasteiger partial charge in [0.05, 0.1) is 26.4 Å². The number of amides is 2. The highest BCUT2D eigenvalue weighted by Crippen LogP contribution is 2.09. The summed E-state index contributed by atoms with van der Waals surface area (Å²) < 4.78 is 10.5. The highest BCUT2D eigenvalue weighted by molar-refractivity contribution is 5.87. The number of carbonyl (C=O) groups excluding carboxylic acids is 4. The van der Waals surface area contributed by atoms with E-state index >= 15 is 0 Å². The molecule has 0 aromatic carbocycles. The Morgan fingerprint density at radius 1 is 0.792 bits per heavy atom. The van der Waals surface area contributed by atoms with E-state index in [0.717, 1.165) is 55.3 Å². The molecule has 2 amide bonds. The number of ether oxygens (including phenoxy) is 2. The molecule has 0 atom stereocenters. The predicted octanol–water partition coefficient (Wildman–Crippen LogP) is 4.74. The number of unbranched alkanes of at least 4 members (excludes halogenated alkanes) is 4. The largest absolute Gasteiger partial charge is 0.377 e. The summed E-state index contributed by atoms with van der Waals surface area (Å²) in [6.45, 7) is 11.3. The van der Waals surface area contributed by atoms with Gasteiger partial charge in [-0.15, -0.1) is 0 Å². The SMILES string of the molecule is C=CC(=O)NCCCCCCCC(=O)Cc1ccc(CN=[N+]=[N-])nc1.C=CC(=O)NCCOCCOCC(=O)Cc1ccc(CC)nc1. The molecular formula is C35H49N7O6. The van der Waals surface area contributed by atoms with Crippen molar-refractivity contribution in [2.24, 2.45) is 5.11 Å². The lowest BCUT2D eigenvalue weighted by Crippen LogP contribution is -2.25. The summed E-state index contributed by atoms with van der Waals surface area (Å²) in [5.74, 6) is -0.139. The van der Waals surface area contributed by atoms with Gasteiger partial charge in [0, 0.05) is 61.0 Å². The second-order valence-electron chi connectivity index (χ2n) is 10.7. The molecular weight excluding hydrogens is 614 g/mol. The summed E-state index contributed by atoms with van der Waals surface area (Å²) in [5, 5.41) is 8.79. The number of carbonyl (C=O) groups is 4. The number of hydrogen-bond acceptors (Lipinski definition) is 9. The van der Waals surface area contributed by atoms with Crippen molar-refractivity contribution in [1.82, 2.24) is 20.6 Å². The second-order valence-corrected chi connectivity index (χ2v) is 10.7. The quantitative estimate of drug-likeness (QED) is 0.0501. The molecule has 0 fully saturated rings. The summed E-state index contributed by atoms with van der Waals surface area (Å²) in [5.41, 5.74) is 11.7. The standard InChI is InChI=1S/C18H25N5O2.C17H24N2O4/c1-2-18(25)20-11-7-5-3-4-6-8-17(24)12-15-9-10-16(21-13-15)14-22-23-19;1-3-15-6-5-14(12-19-15)11-16(20)13-23-10-9-22-8-7-18-17(21)4-2/h2,9-10,13H,1,3-8,11-12,14H2,(H,20,25);4-6,12H,2-3,7-11,13H2,1H3,(H,18,21). The Morgan fingerprint density at radius 2 is 1.38 bits per heavy atom. The summed E-state index contributed by atoms with van der Waals surface area (Å²) in [7, 11) is 0. The molecule has 260 valence electrons. The molecule has 2 aromatic heterocycles. The first-order valence-corrected chi connectivity index (χ1v) is 16.2. The first-order valence-electron chi connectivity index (χ1n) is 16.2. The van der Waals surface area contributed by atoms with Crippen molar-refractivity contribution in [3.63, 3.8) is 0 Å².